The molecule has 3 aromatic rings. The van der Waals surface area contributed by atoms with Gasteiger partial charge in [-0.15, -0.1) is 0 Å². The van der Waals surface area contributed by atoms with Crippen molar-refractivity contribution < 1.29 is 8.78 Å². The van der Waals surface area contributed by atoms with Gasteiger partial charge in [-0.2, -0.15) is 5.10 Å². The Morgan fingerprint density at radius 1 is 1.00 bits per heavy atom. The normalized spacial score (nSPS) is 10.8. The molecule has 2 N–H and O–H groups in total. The molecule has 2 aromatic heterocycles. The largest absolute Gasteiger partial charge is 0.383 e. The maximum absolute atomic E-state index is 14.0. The fourth-order valence-corrected chi connectivity index (χ4v) is 2.20. The zero-order chi connectivity index (χ0) is 15.0. The van der Waals surface area contributed by atoms with Crippen molar-refractivity contribution in [1.29, 1.82) is 0 Å². The molecule has 6 heteroatoms. The van der Waals surface area contributed by atoms with Crippen molar-refractivity contribution in [3.05, 3.63) is 54.2 Å². The molecule has 21 heavy (non-hydrogen) atoms. The van der Waals surface area contributed by atoms with E-state index in [9.17, 15) is 8.78 Å². The number of benzene rings is 1. The molecule has 1 aromatic carbocycles. The van der Waals surface area contributed by atoms with Crippen molar-refractivity contribution >= 4 is 5.82 Å². The van der Waals surface area contributed by atoms with Crippen LogP contribution in [0.2, 0.25) is 0 Å². The lowest BCUT2D eigenvalue weighted by atomic mass is 10.0. The van der Waals surface area contributed by atoms with Gasteiger partial charge in [0.05, 0.1) is 16.8 Å². The molecule has 3 rings (SSSR count). The third-order valence-corrected chi connectivity index (χ3v) is 3.21. The smallest absolute Gasteiger partial charge is 0.135 e. The van der Waals surface area contributed by atoms with E-state index in [-0.39, 0.29) is 11.3 Å². The molecule has 0 spiro atoms. The SMILES string of the molecule is Cn1nc(-c2c(F)cccc2F)c(-c2ccccn2)c1N. The zero-order valence-corrected chi connectivity index (χ0v) is 11.2. The highest BCUT2D eigenvalue weighted by Crippen LogP contribution is 2.36. The fourth-order valence-electron chi connectivity index (χ4n) is 2.20. The fraction of sp³-hybridized carbons (Fsp3) is 0.0667. The topological polar surface area (TPSA) is 56.7 Å². The van der Waals surface area contributed by atoms with E-state index in [1.165, 1.54) is 22.9 Å². The van der Waals surface area contributed by atoms with Crippen LogP contribution >= 0.6 is 0 Å². The number of nitrogens with two attached hydrogens (primary N) is 1. The number of anilines is 1. The van der Waals surface area contributed by atoms with E-state index < -0.39 is 11.6 Å². The van der Waals surface area contributed by atoms with E-state index in [1.807, 2.05) is 0 Å². The molecule has 0 atom stereocenters. The molecular formula is C15H12F2N4. The van der Waals surface area contributed by atoms with Gasteiger partial charge >= 0.3 is 0 Å². The summed E-state index contributed by atoms with van der Waals surface area (Å²) in [4.78, 5) is 4.19. The van der Waals surface area contributed by atoms with E-state index in [0.29, 0.717) is 17.1 Å². The first-order chi connectivity index (χ1) is 10.1. The third-order valence-electron chi connectivity index (χ3n) is 3.21. The summed E-state index contributed by atoms with van der Waals surface area (Å²) in [6, 6.07) is 8.92. The first kappa shape index (κ1) is 13.2. The predicted molar refractivity (Wildman–Crippen MR) is 76.2 cm³/mol. The molecule has 0 amide bonds. The molecule has 0 saturated carbocycles. The molecule has 0 aliphatic rings. The van der Waals surface area contributed by atoms with Crippen LogP contribution in [0.15, 0.2) is 42.6 Å². The minimum atomic E-state index is -0.690. The molecule has 0 unspecified atom stereocenters. The number of halogens is 2. The van der Waals surface area contributed by atoms with Gasteiger partial charge in [0.15, 0.2) is 0 Å². The standard InChI is InChI=1S/C15H12F2N4/c1-21-15(18)13(11-7-2-3-8-19-11)14(20-21)12-9(16)5-4-6-10(12)17/h2-8H,18H2,1H3. The van der Waals surface area contributed by atoms with Crippen LogP contribution in [0.25, 0.3) is 22.5 Å². The van der Waals surface area contributed by atoms with Gasteiger partial charge in [-0.1, -0.05) is 12.1 Å². The number of aryl methyl sites for hydroxylation is 1. The molecule has 0 fully saturated rings. The molecule has 0 saturated heterocycles. The van der Waals surface area contributed by atoms with Crippen LogP contribution in [0.1, 0.15) is 0 Å². The Hall–Kier alpha value is -2.76. The summed E-state index contributed by atoms with van der Waals surface area (Å²) in [6.45, 7) is 0. The first-order valence-electron chi connectivity index (χ1n) is 6.28. The predicted octanol–water partition coefficient (Wildman–Crippen LogP) is 3.01. The molecule has 0 radical (unpaired) electrons. The average Bonchev–Trinajstić information content (AvgIpc) is 2.75. The Morgan fingerprint density at radius 2 is 1.71 bits per heavy atom. The quantitative estimate of drug-likeness (QED) is 0.788. The Balaban J connectivity index is 2.33. The van der Waals surface area contributed by atoms with E-state index in [4.69, 9.17) is 5.73 Å². The van der Waals surface area contributed by atoms with E-state index >= 15 is 0 Å². The molecular weight excluding hydrogens is 274 g/mol. The van der Waals surface area contributed by atoms with Gasteiger partial charge in [-0.3, -0.25) is 9.67 Å². The van der Waals surface area contributed by atoms with Crippen LogP contribution in [0.4, 0.5) is 14.6 Å². The van der Waals surface area contributed by atoms with Crippen LogP contribution in [0, 0.1) is 11.6 Å². The highest BCUT2D eigenvalue weighted by atomic mass is 19.1. The van der Waals surface area contributed by atoms with Gasteiger partial charge in [0.2, 0.25) is 0 Å². The maximum Gasteiger partial charge on any atom is 0.135 e. The van der Waals surface area contributed by atoms with Crippen LogP contribution in [-0.4, -0.2) is 14.8 Å². The van der Waals surface area contributed by atoms with Crippen LogP contribution in [0.5, 0.6) is 0 Å². The number of hydrogen-bond acceptors (Lipinski definition) is 3. The van der Waals surface area contributed by atoms with E-state index in [0.717, 1.165) is 0 Å². The summed E-state index contributed by atoms with van der Waals surface area (Å²) in [5, 5.41) is 4.15. The van der Waals surface area contributed by atoms with Crippen molar-refractivity contribution in [3.8, 4) is 22.5 Å². The van der Waals surface area contributed by atoms with Crippen molar-refractivity contribution in [2.24, 2.45) is 7.05 Å². The maximum atomic E-state index is 14.0. The summed E-state index contributed by atoms with van der Waals surface area (Å²) in [5.41, 5.74) is 6.86. The lowest BCUT2D eigenvalue weighted by Gasteiger charge is -2.05. The van der Waals surface area contributed by atoms with Crippen molar-refractivity contribution in [2.45, 2.75) is 0 Å². The minimum Gasteiger partial charge on any atom is -0.383 e. The van der Waals surface area contributed by atoms with Gasteiger partial charge in [0, 0.05) is 13.2 Å². The summed E-state index contributed by atoms with van der Waals surface area (Å²) >= 11 is 0. The number of aromatic nitrogens is 3. The molecule has 0 aliphatic heterocycles. The molecule has 0 aliphatic carbocycles. The highest BCUT2D eigenvalue weighted by Gasteiger charge is 2.23. The van der Waals surface area contributed by atoms with Crippen LogP contribution in [-0.2, 0) is 7.05 Å². The highest BCUT2D eigenvalue weighted by molar-refractivity contribution is 5.86. The van der Waals surface area contributed by atoms with E-state index in [1.54, 1.807) is 31.4 Å². The second kappa shape index (κ2) is 4.97. The number of pyridine rings is 1. The zero-order valence-electron chi connectivity index (χ0n) is 11.2. The first-order valence-corrected chi connectivity index (χ1v) is 6.28. The monoisotopic (exact) mass is 286 g/mol. The van der Waals surface area contributed by atoms with Crippen molar-refractivity contribution in [1.82, 2.24) is 14.8 Å². The van der Waals surface area contributed by atoms with Gasteiger partial charge < -0.3 is 5.73 Å². The summed E-state index contributed by atoms with van der Waals surface area (Å²) < 4.78 is 29.4. The number of hydrogen-bond donors (Lipinski definition) is 1. The lowest BCUT2D eigenvalue weighted by molar-refractivity contribution is 0.588. The summed E-state index contributed by atoms with van der Waals surface area (Å²) in [5.74, 6) is -1.08. The van der Waals surface area contributed by atoms with Crippen molar-refractivity contribution in [3.63, 3.8) is 0 Å². The Morgan fingerprint density at radius 3 is 2.33 bits per heavy atom. The number of nitrogens with zero attached hydrogens (tertiary/aromatic N) is 3. The molecule has 2 heterocycles. The van der Waals surface area contributed by atoms with Gasteiger partial charge in [0.25, 0.3) is 0 Å². The second-order valence-corrected chi connectivity index (χ2v) is 4.54. The molecule has 106 valence electrons. The second-order valence-electron chi connectivity index (χ2n) is 4.54. The van der Waals surface area contributed by atoms with Gasteiger partial charge in [0.1, 0.15) is 23.1 Å². The Kier molecular flexibility index (Phi) is 3.13. The minimum absolute atomic E-state index is 0.143. The molecule has 4 nitrogen and oxygen atoms in total. The summed E-state index contributed by atoms with van der Waals surface area (Å²) in [7, 11) is 1.62. The molecule has 0 bridgehead atoms. The Labute approximate surface area is 119 Å². The third kappa shape index (κ3) is 2.14. The van der Waals surface area contributed by atoms with Crippen molar-refractivity contribution in [2.75, 3.05) is 5.73 Å². The van der Waals surface area contributed by atoms with Gasteiger partial charge in [-0.05, 0) is 24.3 Å². The summed E-state index contributed by atoms with van der Waals surface area (Å²) in [6.07, 6.45) is 1.59. The lowest BCUT2D eigenvalue weighted by Crippen LogP contribution is -1.98. The van der Waals surface area contributed by atoms with Crippen LogP contribution in [0.3, 0.4) is 0 Å². The average molecular weight is 286 g/mol. The van der Waals surface area contributed by atoms with Crippen LogP contribution < -0.4 is 5.73 Å². The Bertz CT molecular complexity index is 777. The number of nitrogen functional groups attached to an aromatic ring is 1. The number of rotatable bonds is 2. The van der Waals surface area contributed by atoms with E-state index in [2.05, 4.69) is 10.1 Å². The van der Waals surface area contributed by atoms with Gasteiger partial charge in [-0.25, -0.2) is 8.78 Å².